The Morgan fingerprint density at radius 3 is 2.24 bits per heavy atom. The maximum atomic E-state index is 12.0. The third-order valence-electron chi connectivity index (χ3n) is 1.66. The summed E-state index contributed by atoms with van der Waals surface area (Å²) in [5.74, 6) is -0.438. The minimum atomic E-state index is -3.03. The predicted molar refractivity (Wildman–Crippen MR) is 66.0 cm³/mol. The maximum absolute atomic E-state index is 12.0. The molecule has 6 heteroatoms. The van der Waals surface area contributed by atoms with Crippen LogP contribution in [0.3, 0.4) is 0 Å². The molecule has 0 amide bonds. The molecular weight excluding hydrogens is 243 g/mol. The molecule has 0 bridgehead atoms. The summed E-state index contributed by atoms with van der Waals surface area (Å²) in [6.07, 6.45) is 6.18. The average molecular weight is 262 g/mol. The van der Waals surface area contributed by atoms with Crippen LogP contribution < -0.4 is 0 Å². The van der Waals surface area contributed by atoms with Gasteiger partial charge >= 0.3 is 13.6 Å². The quantitative estimate of drug-likeness (QED) is 0.291. The lowest BCUT2D eigenvalue weighted by Gasteiger charge is -2.14. The van der Waals surface area contributed by atoms with Gasteiger partial charge in [-0.15, -0.1) is 0 Å². The van der Waals surface area contributed by atoms with E-state index in [0.717, 1.165) is 0 Å². The van der Waals surface area contributed by atoms with Crippen LogP contribution in [0.1, 0.15) is 13.8 Å². The van der Waals surface area contributed by atoms with Crippen LogP contribution in [0.4, 0.5) is 0 Å². The fourth-order valence-electron chi connectivity index (χ4n) is 1.01. The molecule has 0 aromatic heterocycles. The van der Waals surface area contributed by atoms with Crippen molar-refractivity contribution in [3.63, 3.8) is 0 Å². The van der Waals surface area contributed by atoms with Crippen LogP contribution in [-0.4, -0.2) is 32.5 Å². The molecular formula is C11H19O5P. The molecule has 0 aromatic rings. The molecule has 0 fully saturated rings. The van der Waals surface area contributed by atoms with E-state index in [1.54, 1.807) is 26.0 Å². The van der Waals surface area contributed by atoms with E-state index in [2.05, 4.69) is 4.74 Å². The Balaban J connectivity index is 4.21. The predicted octanol–water partition coefficient (Wildman–Crippen LogP) is 2.54. The van der Waals surface area contributed by atoms with E-state index < -0.39 is 13.6 Å². The number of carbonyl (C=O) groups is 1. The fourth-order valence-corrected chi connectivity index (χ4v) is 2.46. The first-order valence-electron chi connectivity index (χ1n) is 5.37. The molecule has 0 unspecified atom stereocenters. The van der Waals surface area contributed by atoms with Crippen molar-refractivity contribution in [2.24, 2.45) is 0 Å². The van der Waals surface area contributed by atoms with Crippen LogP contribution in [0.5, 0.6) is 0 Å². The Bertz CT molecular complexity index is 312. The second-order valence-corrected chi connectivity index (χ2v) is 5.04. The van der Waals surface area contributed by atoms with E-state index in [-0.39, 0.29) is 6.16 Å². The Labute approximate surface area is 102 Å². The van der Waals surface area contributed by atoms with Gasteiger partial charge < -0.3 is 13.8 Å². The summed E-state index contributed by atoms with van der Waals surface area (Å²) in [4.78, 5) is 10.7. The molecule has 0 N–H and O–H groups in total. The highest BCUT2D eigenvalue weighted by Crippen LogP contribution is 2.47. The third-order valence-corrected chi connectivity index (χ3v) is 3.62. The second-order valence-electron chi connectivity index (χ2n) is 2.94. The summed E-state index contributed by atoms with van der Waals surface area (Å²) in [5.41, 5.74) is 0. The number of esters is 1. The van der Waals surface area contributed by atoms with Crippen molar-refractivity contribution >= 4 is 13.6 Å². The molecule has 0 heterocycles. The topological polar surface area (TPSA) is 61.8 Å². The van der Waals surface area contributed by atoms with Crippen molar-refractivity contribution < 1.29 is 23.1 Å². The lowest BCUT2D eigenvalue weighted by atomic mass is 10.4. The number of rotatable bonds is 8. The average Bonchev–Trinajstić information content (AvgIpc) is 2.29. The molecule has 0 spiro atoms. The minimum absolute atomic E-state index is 0.181. The maximum Gasteiger partial charge on any atom is 0.334 e. The molecule has 0 rings (SSSR count). The van der Waals surface area contributed by atoms with Gasteiger partial charge in [0.1, 0.15) is 0 Å². The van der Waals surface area contributed by atoms with Crippen LogP contribution in [0.2, 0.25) is 0 Å². The van der Waals surface area contributed by atoms with Gasteiger partial charge in [-0.3, -0.25) is 4.57 Å². The highest BCUT2D eigenvalue weighted by Gasteiger charge is 2.20. The van der Waals surface area contributed by atoms with E-state index in [1.807, 2.05) is 0 Å². The number of carbonyl (C=O) groups excluding carboxylic acids is 1. The van der Waals surface area contributed by atoms with Crippen molar-refractivity contribution in [2.45, 2.75) is 13.8 Å². The van der Waals surface area contributed by atoms with Gasteiger partial charge in [0.05, 0.1) is 26.5 Å². The first-order valence-corrected chi connectivity index (χ1v) is 7.10. The zero-order valence-corrected chi connectivity index (χ0v) is 11.3. The van der Waals surface area contributed by atoms with E-state index >= 15 is 0 Å². The van der Waals surface area contributed by atoms with Gasteiger partial charge in [0.15, 0.2) is 0 Å². The highest BCUT2D eigenvalue weighted by atomic mass is 31.2. The first kappa shape index (κ1) is 16.1. The second kappa shape index (κ2) is 9.16. The molecule has 5 nitrogen and oxygen atoms in total. The zero-order chi connectivity index (χ0) is 13.1. The van der Waals surface area contributed by atoms with Crippen molar-refractivity contribution in [1.82, 2.24) is 0 Å². The Morgan fingerprint density at radius 1 is 1.18 bits per heavy atom. The van der Waals surface area contributed by atoms with Gasteiger partial charge in [-0.1, -0.05) is 18.2 Å². The van der Waals surface area contributed by atoms with Crippen LogP contribution >= 0.6 is 7.60 Å². The molecule has 98 valence electrons. The van der Waals surface area contributed by atoms with Gasteiger partial charge in [-0.25, -0.2) is 4.79 Å². The van der Waals surface area contributed by atoms with Crippen molar-refractivity contribution in [3.05, 3.63) is 24.3 Å². The SMILES string of the molecule is CCOP(=O)(CC=CC=CC(=O)OC)OCC. The molecule has 17 heavy (non-hydrogen) atoms. The highest BCUT2D eigenvalue weighted by molar-refractivity contribution is 7.54. The molecule has 0 saturated heterocycles. The van der Waals surface area contributed by atoms with E-state index in [4.69, 9.17) is 9.05 Å². The van der Waals surface area contributed by atoms with E-state index in [1.165, 1.54) is 19.3 Å². The zero-order valence-electron chi connectivity index (χ0n) is 10.4. The fraction of sp³-hybridized carbons (Fsp3) is 0.545. The largest absolute Gasteiger partial charge is 0.466 e. The number of ether oxygens (including phenoxy) is 1. The van der Waals surface area contributed by atoms with Crippen molar-refractivity contribution in [1.29, 1.82) is 0 Å². The molecule has 0 aromatic carbocycles. The van der Waals surface area contributed by atoms with Gasteiger partial charge in [0.2, 0.25) is 0 Å². The van der Waals surface area contributed by atoms with E-state index in [9.17, 15) is 9.36 Å². The van der Waals surface area contributed by atoms with Crippen LogP contribution in [0, 0.1) is 0 Å². The smallest absolute Gasteiger partial charge is 0.334 e. The Hall–Kier alpha value is -0.900. The number of hydrogen-bond acceptors (Lipinski definition) is 5. The molecule has 0 atom stereocenters. The number of allylic oxidation sites excluding steroid dienone is 3. The van der Waals surface area contributed by atoms with Gasteiger partial charge in [-0.05, 0) is 13.8 Å². The summed E-state index contributed by atoms with van der Waals surface area (Å²) in [7, 11) is -1.73. The lowest BCUT2D eigenvalue weighted by molar-refractivity contribution is -0.134. The molecule has 0 radical (unpaired) electrons. The molecule has 0 aliphatic rings. The number of hydrogen-bond donors (Lipinski definition) is 0. The minimum Gasteiger partial charge on any atom is -0.466 e. The Morgan fingerprint density at radius 2 is 1.76 bits per heavy atom. The van der Waals surface area contributed by atoms with Gasteiger partial charge in [-0.2, -0.15) is 0 Å². The van der Waals surface area contributed by atoms with Gasteiger partial charge in [0.25, 0.3) is 0 Å². The van der Waals surface area contributed by atoms with Crippen LogP contribution in [0.25, 0.3) is 0 Å². The van der Waals surface area contributed by atoms with Crippen LogP contribution in [0.15, 0.2) is 24.3 Å². The summed E-state index contributed by atoms with van der Waals surface area (Å²) in [5, 5.41) is 0. The third kappa shape index (κ3) is 7.91. The molecule has 0 saturated carbocycles. The summed E-state index contributed by atoms with van der Waals surface area (Å²) < 4.78 is 26.5. The summed E-state index contributed by atoms with van der Waals surface area (Å²) in [6.45, 7) is 4.19. The monoisotopic (exact) mass is 262 g/mol. The standard InChI is InChI=1S/C11H19O5P/c1-4-15-17(13,16-5-2)10-8-6-7-9-11(12)14-3/h6-9H,4-5,10H2,1-3H3. The van der Waals surface area contributed by atoms with E-state index in [0.29, 0.717) is 13.2 Å². The summed E-state index contributed by atoms with van der Waals surface area (Å²) >= 11 is 0. The Kier molecular flexibility index (Phi) is 8.68. The van der Waals surface area contributed by atoms with Crippen molar-refractivity contribution in [2.75, 3.05) is 26.5 Å². The van der Waals surface area contributed by atoms with Gasteiger partial charge in [0, 0.05) is 6.08 Å². The first-order chi connectivity index (χ1) is 8.08. The molecule has 0 aliphatic heterocycles. The number of methoxy groups -OCH3 is 1. The summed E-state index contributed by atoms with van der Waals surface area (Å²) in [6, 6.07) is 0. The normalized spacial score (nSPS) is 12.4. The molecule has 0 aliphatic carbocycles. The lowest BCUT2D eigenvalue weighted by Crippen LogP contribution is -1.98. The van der Waals surface area contributed by atoms with Crippen LogP contribution in [-0.2, 0) is 23.1 Å². The van der Waals surface area contributed by atoms with Crippen molar-refractivity contribution in [3.8, 4) is 0 Å².